The fraction of sp³-hybridized carbons (Fsp3) is 0.462. The third-order valence-electron chi connectivity index (χ3n) is 3.28. The van der Waals surface area contributed by atoms with Crippen LogP contribution < -0.4 is 10.6 Å². The highest BCUT2D eigenvalue weighted by Crippen LogP contribution is 2.22. The maximum absolute atomic E-state index is 10.9. The predicted molar refractivity (Wildman–Crippen MR) is 71.9 cm³/mol. The molecule has 1 aromatic carbocycles. The van der Waals surface area contributed by atoms with Crippen LogP contribution in [-0.4, -0.2) is 24.1 Å². The molecule has 0 aliphatic carbocycles. The fourth-order valence-electron chi connectivity index (χ4n) is 2.23. The number of nitro groups is 1. The van der Waals surface area contributed by atoms with Crippen LogP contribution in [0.25, 0.3) is 0 Å². The number of nitro benzene ring substituents is 1. The first-order valence-corrected chi connectivity index (χ1v) is 6.36. The van der Waals surface area contributed by atoms with Gasteiger partial charge in [0.05, 0.1) is 4.92 Å². The first kappa shape index (κ1) is 13.3. The van der Waals surface area contributed by atoms with E-state index in [0.717, 1.165) is 19.5 Å². The number of nitrogens with zero attached hydrogens (tertiary/aromatic N) is 2. The minimum absolute atomic E-state index is 0.0892. The Morgan fingerprint density at radius 2 is 2.37 bits per heavy atom. The van der Waals surface area contributed by atoms with Gasteiger partial charge in [0.2, 0.25) is 0 Å². The standard InChI is InChI=1S/C13H16N4O2/c14-8-10-4-5-11(7-13(10)17(18)19)16-9-12-3-1-2-6-15-12/h4-5,7,12,15-16H,1-3,6,9H2. The summed E-state index contributed by atoms with van der Waals surface area (Å²) < 4.78 is 0. The average molecular weight is 260 g/mol. The van der Waals surface area contributed by atoms with Crippen LogP contribution in [0.15, 0.2) is 18.2 Å². The van der Waals surface area contributed by atoms with Crippen molar-refractivity contribution >= 4 is 11.4 Å². The molecule has 0 spiro atoms. The quantitative estimate of drug-likeness (QED) is 0.638. The lowest BCUT2D eigenvalue weighted by Crippen LogP contribution is -2.39. The molecule has 1 fully saturated rings. The molecule has 1 aliphatic rings. The lowest BCUT2D eigenvalue weighted by atomic mass is 10.0. The van der Waals surface area contributed by atoms with Gasteiger partial charge in [-0.05, 0) is 31.5 Å². The van der Waals surface area contributed by atoms with Crippen molar-refractivity contribution in [2.45, 2.75) is 25.3 Å². The third-order valence-corrected chi connectivity index (χ3v) is 3.28. The van der Waals surface area contributed by atoms with Gasteiger partial charge in [-0.3, -0.25) is 10.1 Å². The normalized spacial score (nSPS) is 18.6. The molecule has 1 heterocycles. The maximum Gasteiger partial charge on any atom is 0.289 e. The van der Waals surface area contributed by atoms with Crippen LogP contribution in [0.5, 0.6) is 0 Å². The van der Waals surface area contributed by atoms with E-state index in [0.29, 0.717) is 11.7 Å². The number of anilines is 1. The zero-order valence-corrected chi connectivity index (χ0v) is 10.6. The molecule has 2 N–H and O–H groups in total. The smallest absolute Gasteiger partial charge is 0.289 e. The molecule has 1 saturated heterocycles. The van der Waals surface area contributed by atoms with Crippen LogP contribution in [0.4, 0.5) is 11.4 Å². The van der Waals surface area contributed by atoms with Gasteiger partial charge in [0.1, 0.15) is 11.6 Å². The second-order valence-corrected chi connectivity index (χ2v) is 4.63. The molecule has 0 radical (unpaired) electrons. The molecule has 1 atom stereocenters. The molecule has 0 saturated carbocycles. The first-order valence-electron chi connectivity index (χ1n) is 6.36. The molecular weight excluding hydrogens is 244 g/mol. The van der Waals surface area contributed by atoms with E-state index < -0.39 is 4.92 Å². The molecule has 1 aliphatic heterocycles. The Morgan fingerprint density at radius 1 is 1.53 bits per heavy atom. The minimum Gasteiger partial charge on any atom is -0.383 e. The summed E-state index contributed by atoms with van der Waals surface area (Å²) in [5.41, 5.74) is 0.619. The summed E-state index contributed by atoms with van der Waals surface area (Å²) in [6.07, 6.45) is 3.54. The second-order valence-electron chi connectivity index (χ2n) is 4.63. The van der Waals surface area contributed by atoms with Crippen LogP contribution in [0.3, 0.4) is 0 Å². The summed E-state index contributed by atoms with van der Waals surface area (Å²) in [5.74, 6) is 0. The molecule has 0 amide bonds. The molecule has 6 nitrogen and oxygen atoms in total. The Labute approximate surface area is 111 Å². The van der Waals surface area contributed by atoms with Crippen molar-refractivity contribution in [2.24, 2.45) is 0 Å². The number of hydrogen-bond acceptors (Lipinski definition) is 5. The number of hydrogen-bond donors (Lipinski definition) is 2. The van der Waals surface area contributed by atoms with Crippen molar-refractivity contribution in [3.63, 3.8) is 0 Å². The zero-order chi connectivity index (χ0) is 13.7. The zero-order valence-electron chi connectivity index (χ0n) is 10.6. The van der Waals surface area contributed by atoms with Gasteiger partial charge in [0.15, 0.2) is 0 Å². The van der Waals surface area contributed by atoms with E-state index in [1.54, 1.807) is 6.07 Å². The first-order chi connectivity index (χ1) is 9.20. The lowest BCUT2D eigenvalue weighted by molar-refractivity contribution is -0.385. The van der Waals surface area contributed by atoms with E-state index in [-0.39, 0.29) is 11.3 Å². The number of benzene rings is 1. The molecule has 6 heteroatoms. The SMILES string of the molecule is N#Cc1ccc(NCC2CCCCN2)cc1[N+](=O)[O-]. The fourth-order valence-corrected chi connectivity index (χ4v) is 2.23. The highest BCUT2D eigenvalue weighted by molar-refractivity contribution is 5.59. The van der Waals surface area contributed by atoms with Crippen LogP contribution in [0.2, 0.25) is 0 Å². The van der Waals surface area contributed by atoms with Gasteiger partial charge in [-0.1, -0.05) is 6.42 Å². The van der Waals surface area contributed by atoms with Crippen LogP contribution in [-0.2, 0) is 0 Å². The van der Waals surface area contributed by atoms with E-state index in [2.05, 4.69) is 10.6 Å². The van der Waals surface area contributed by atoms with Crippen molar-refractivity contribution in [2.75, 3.05) is 18.4 Å². The Hall–Kier alpha value is -2.13. The monoisotopic (exact) mass is 260 g/mol. The van der Waals surface area contributed by atoms with Gasteiger partial charge in [-0.25, -0.2) is 0 Å². The molecule has 19 heavy (non-hydrogen) atoms. The molecule has 0 bridgehead atoms. The maximum atomic E-state index is 10.9. The second kappa shape index (κ2) is 6.16. The Bertz CT molecular complexity index is 504. The molecular formula is C13H16N4O2. The molecule has 0 aromatic heterocycles. The number of rotatable bonds is 4. The van der Waals surface area contributed by atoms with Gasteiger partial charge in [0.25, 0.3) is 5.69 Å². The third kappa shape index (κ3) is 3.42. The molecule has 1 aromatic rings. The van der Waals surface area contributed by atoms with Crippen molar-refractivity contribution in [1.82, 2.24) is 5.32 Å². The van der Waals surface area contributed by atoms with Crippen molar-refractivity contribution < 1.29 is 4.92 Å². The highest BCUT2D eigenvalue weighted by atomic mass is 16.6. The van der Waals surface area contributed by atoms with Gasteiger partial charge in [-0.15, -0.1) is 0 Å². The van der Waals surface area contributed by atoms with Gasteiger partial charge in [0, 0.05) is 24.3 Å². The highest BCUT2D eigenvalue weighted by Gasteiger charge is 2.15. The number of nitrogens with one attached hydrogen (secondary N) is 2. The average Bonchev–Trinajstić information content (AvgIpc) is 2.46. The summed E-state index contributed by atoms with van der Waals surface area (Å²) in [6, 6.07) is 6.84. The molecule has 2 rings (SSSR count). The predicted octanol–water partition coefficient (Wildman–Crippen LogP) is 2.02. The molecule has 100 valence electrons. The summed E-state index contributed by atoms with van der Waals surface area (Å²) in [6.45, 7) is 1.77. The summed E-state index contributed by atoms with van der Waals surface area (Å²) in [4.78, 5) is 10.3. The Balaban J connectivity index is 2.02. The van der Waals surface area contributed by atoms with Crippen LogP contribution in [0.1, 0.15) is 24.8 Å². The van der Waals surface area contributed by atoms with Crippen molar-refractivity contribution in [3.05, 3.63) is 33.9 Å². The van der Waals surface area contributed by atoms with Gasteiger partial charge >= 0.3 is 0 Å². The molecule has 1 unspecified atom stereocenters. The van der Waals surface area contributed by atoms with E-state index in [1.165, 1.54) is 25.0 Å². The summed E-state index contributed by atoms with van der Waals surface area (Å²) in [7, 11) is 0. The summed E-state index contributed by atoms with van der Waals surface area (Å²) >= 11 is 0. The van der Waals surface area contributed by atoms with Crippen molar-refractivity contribution in [3.8, 4) is 6.07 Å². The minimum atomic E-state index is -0.525. The summed E-state index contributed by atoms with van der Waals surface area (Å²) in [5, 5.41) is 26.2. The largest absolute Gasteiger partial charge is 0.383 e. The van der Waals surface area contributed by atoms with E-state index in [4.69, 9.17) is 5.26 Å². The Morgan fingerprint density at radius 3 is 3.00 bits per heavy atom. The van der Waals surface area contributed by atoms with E-state index in [1.807, 2.05) is 6.07 Å². The number of nitriles is 1. The van der Waals surface area contributed by atoms with Crippen LogP contribution in [0, 0.1) is 21.4 Å². The lowest BCUT2D eigenvalue weighted by Gasteiger charge is -2.24. The topological polar surface area (TPSA) is 91.0 Å². The van der Waals surface area contributed by atoms with E-state index >= 15 is 0 Å². The van der Waals surface area contributed by atoms with E-state index in [9.17, 15) is 10.1 Å². The van der Waals surface area contributed by atoms with Gasteiger partial charge in [-0.2, -0.15) is 5.26 Å². The van der Waals surface area contributed by atoms with Crippen LogP contribution >= 0.6 is 0 Å². The number of piperidine rings is 1. The van der Waals surface area contributed by atoms with Crippen molar-refractivity contribution in [1.29, 1.82) is 5.26 Å². The Kier molecular flexibility index (Phi) is 4.31. The van der Waals surface area contributed by atoms with Gasteiger partial charge < -0.3 is 10.6 Å².